The molecule has 1 fully saturated rings. The molecule has 8 heteroatoms. The highest BCUT2D eigenvalue weighted by atomic mass is 32.1. The van der Waals surface area contributed by atoms with E-state index >= 15 is 0 Å². The van der Waals surface area contributed by atoms with Crippen molar-refractivity contribution >= 4 is 27.6 Å². The van der Waals surface area contributed by atoms with Gasteiger partial charge in [0.25, 0.3) is 0 Å². The van der Waals surface area contributed by atoms with Gasteiger partial charge in [0.1, 0.15) is 6.33 Å². The van der Waals surface area contributed by atoms with E-state index in [-0.39, 0.29) is 24.1 Å². The Bertz CT molecular complexity index is 788. The Hall–Kier alpha value is -1.48. The standard InChI is InChI=1S/C15H18N4O2S2/c1-9-6-18(7-10(2)21-9)12(11-4-3-5-22-11)13-14(20)19-15(23-13)16-8-17-19/h3-5,8-10,12,20H,6-7H2,1-2H3/t9-,10-,12+/m1/s1. The third-order valence-electron chi connectivity index (χ3n) is 4.01. The summed E-state index contributed by atoms with van der Waals surface area (Å²) in [5, 5.41) is 16.8. The van der Waals surface area contributed by atoms with E-state index < -0.39 is 0 Å². The van der Waals surface area contributed by atoms with Gasteiger partial charge in [0.05, 0.1) is 23.1 Å². The van der Waals surface area contributed by atoms with Gasteiger partial charge in [0.15, 0.2) is 0 Å². The zero-order valence-electron chi connectivity index (χ0n) is 12.9. The van der Waals surface area contributed by atoms with Crippen molar-refractivity contribution in [3.05, 3.63) is 33.6 Å². The van der Waals surface area contributed by atoms with Crippen LogP contribution in [0.15, 0.2) is 23.8 Å². The number of aromatic hydroxyl groups is 1. The molecule has 1 aliphatic rings. The first-order valence-corrected chi connectivity index (χ1v) is 9.27. The number of fused-ring (bicyclic) bond motifs is 1. The number of aromatic nitrogens is 3. The first kappa shape index (κ1) is 15.1. The maximum absolute atomic E-state index is 10.6. The van der Waals surface area contributed by atoms with Gasteiger partial charge in [-0.25, -0.2) is 4.98 Å². The van der Waals surface area contributed by atoms with Crippen molar-refractivity contribution in [3.8, 4) is 5.88 Å². The van der Waals surface area contributed by atoms with Gasteiger partial charge >= 0.3 is 0 Å². The zero-order chi connectivity index (χ0) is 16.0. The number of hydrogen-bond donors (Lipinski definition) is 1. The Morgan fingerprint density at radius 1 is 1.35 bits per heavy atom. The number of rotatable bonds is 3. The molecule has 3 aromatic heterocycles. The minimum Gasteiger partial charge on any atom is -0.492 e. The van der Waals surface area contributed by atoms with Crippen molar-refractivity contribution in [3.63, 3.8) is 0 Å². The topological polar surface area (TPSA) is 62.9 Å². The number of thiophene rings is 1. The van der Waals surface area contributed by atoms with Crippen LogP contribution in [0.2, 0.25) is 0 Å². The van der Waals surface area contributed by atoms with E-state index in [4.69, 9.17) is 4.74 Å². The smallest absolute Gasteiger partial charge is 0.230 e. The van der Waals surface area contributed by atoms with Crippen LogP contribution in [0.3, 0.4) is 0 Å². The summed E-state index contributed by atoms with van der Waals surface area (Å²) in [6, 6.07) is 4.18. The second kappa shape index (κ2) is 5.86. The molecule has 0 bridgehead atoms. The quantitative estimate of drug-likeness (QED) is 0.787. The molecule has 1 N–H and O–H groups in total. The highest BCUT2D eigenvalue weighted by Crippen LogP contribution is 2.41. The van der Waals surface area contributed by atoms with Crippen LogP contribution in [0, 0.1) is 0 Å². The van der Waals surface area contributed by atoms with Gasteiger partial charge in [-0.05, 0) is 25.3 Å². The highest BCUT2D eigenvalue weighted by Gasteiger charge is 2.34. The molecule has 0 saturated carbocycles. The predicted octanol–water partition coefficient (Wildman–Crippen LogP) is 2.76. The van der Waals surface area contributed by atoms with Crippen LogP contribution >= 0.6 is 22.7 Å². The van der Waals surface area contributed by atoms with Crippen LogP contribution in [-0.4, -0.2) is 49.9 Å². The normalized spacial score (nSPS) is 24.3. The predicted molar refractivity (Wildman–Crippen MR) is 90.3 cm³/mol. The summed E-state index contributed by atoms with van der Waals surface area (Å²) in [5.41, 5.74) is 0. The summed E-state index contributed by atoms with van der Waals surface area (Å²) in [5.74, 6) is 0.188. The van der Waals surface area contributed by atoms with Crippen molar-refractivity contribution in [2.24, 2.45) is 0 Å². The van der Waals surface area contributed by atoms with Crippen LogP contribution in [-0.2, 0) is 4.74 Å². The molecule has 23 heavy (non-hydrogen) atoms. The van der Waals surface area contributed by atoms with Crippen molar-refractivity contribution in [1.29, 1.82) is 0 Å². The first-order valence-electron chi connectivity index (χ1n) is 7.57. The fourth-order valence-corrected chi connectivity index (χ4v) is 5.25. The van der Waals surface area contributed by atoms with E-state index in [9.17, 15) is 5.11 Å². The summed E-state index contributed by atoms with van der Waals surface area (Å²) in [7, 11) is 0. The van der Waals surface area contributed by atoms with Crippen LogP contribution in [0.4, 0.5) is 0 Å². The molecule has 3 aromatic rings. The molecule has 0 aromatic carbocycles. The fraction of sp³-hybridized carbons (Fsp3) is 0.467. The Labute approximate surface area is 142 Å². The van der Waals surface area contributed by atoms with Crippen molar-refractivity contribution < 1.29 is 9.84 Å². The fourth-order valence-electron chi connectivity index (χ4n) is 3.22. The molecule has 0 radical (unpaired) electrons. The van der Waals surface area contributed by atoms with Crippen molar-refractivity contribution in [2.45, 2.75) is 32.1 Å². The van der Waals surface area contributed by atoms with Gasteiger partial charge < -0.3 is 9.84 Å². The molecule has 0 unspecified atom stereocenters. The van der Waals surface area contributed by atoms with Crippen molar-refractivity contribution in [1.82, 2.24) is 19.5 Å². The molecular formula is C15H18N4O2S2. The number of morpholine rings is 1. The van der Waals surface area contributed by atoms with Gasteiger partial charge in [-0.2, -0.15) is 9.61 Å². The van der Waals surface area contributed by atoms with E-state index in [2.05, 4.69) is 40.3 Å². The molecule has 4 heterocycles. The number of thiazole rings is 1. The lowest BCUT2D eigenvalue weighted by Crippen LogP contribution is -2.46. The Morgan fingerprint density at radius 2 is 2.13 bits per heavy atom. The third kappa shape index (κ3) is 2.65. The van der Waals surface area contributed by atoms with Gasteiger partial charge in [-0.15, -0.1) is 11.3 Å². The molecule has 0 spiro atoms. The van der Waals surface area contributed by atoms with Crippen LogP contribution < -0.4 is 0 Å². The average molecular weight is 350 g/mol. The summed E-state index contributed by atoms with van der Waals surface area (Å²) < 4.78 is 7.37. The second-order valence-electron chi connectivity index (χ2n) is 5.87. The van der Waals surface area contributed by atoms with E-state index in [1.54, 1.807) is 11.3 Å². The van der Waals surface area contributed by atoms with Crippen LogP contribution in [0.5, 0.6) is 5.88 Å². The maximum Gasteiger partial charge on any atom is 0.230 e. The molecule has 1 saturated heterocycles. The SMILES string of the molecule is C[C@@H]1CN([C@@H](c2cccs2)c2sc3ncnn3c2O)C[C@@H](C)O1. The first-order chi connectivity index (χ1) is 11.1. The number of hydrogen-bond acceptors (Lipinski definition) is 7. The molecule has 1 aliphatic heterocycles. The third-order valence-corrected chi connectivity index (χ3v) is 6.02. The number of ether oxygens (including phenoxy) is 1. The Morgan fingerprint density at radius 3 is 2.78 bits per heavy atom. The summed E-state index contributed by atoms with van der Waals surface area (Å²) in [6.07, 6.45) is 1.81. The lowest BCUT2D eigenvalue weighted by atomic mass is 10.1. The lowest BCUT2D eigenvalue weighted by Gasteiger charge is -2.39. The average Bonchev–Trinajstić information content (AvgIpc) is 3.20. The molecule has 0 aliphatic carbocycles. The molecule has 0 amide bonds. The highest BCUT2D eigenvalue weighted by molar-refractivity contribution is 7.17. The van der Waals surface area contributed by atoms with Crippen LogP contribution in [0.25, 0.3) is 4.96 Å². The number of nitrogens with zero attached hydrogens (tertiary/aromatic N) is 4. The Balaban J connectivity index is 1.79. The zero-order valence-corrected chi connectivity index (χ0v) is 14.5. The van der Waals surface area contributed by atoms with Gasteiger partial charge in [0.2, 0.25) is 10.8 Å². The Kier molecular flexibility index (Phi) is 3.84. The minimum absolute atomic E-state index is 0.0114. The lowest BCUT2D eigenvalue weighted by molar-refractivity contribution is -0.0761. The second-order valence-corrected chi connectivity index (χ2v) is 7.86. The van der Waals surface area contributed by atoms with Gasteiger partial charge in [-0.3, -0.25) is 4.90 Å². The van der Waals surface area contributed by atoms with E-state index in [0.717, 1.165) is 18.0 Å². The van der Waals surface area contributed by atoms with E-state index in [0.29, 0.717) is 4.96 Å². The van der Waals surface area contributed by atoms with E-state index in [1.165, 1.54) is 27.1 Å². The molecular weight excluding hydrogens is 332 g/mol. The molecule has 3 atom stereocenters. The summed E-state index contributed by atoms with van der Waals surface area (Å²) in [4.78, 5) is 9.42. The van der Waals surface area contributed by atoms with Crippen LogP contribution in [0.1, 0.15) is 29.6 Å². The maximum atomic E-state index is 10.6. The van der Waals surface area contributed by atoms with Gasteiger partial charge in [0, 0.05) is 18.0 Å². The molecule has 4 rings (SSSR count). The van der Waals surface area contributed by atoms with Gasteiger partial charge in [-0.1, -0.05) is 17.4 Å². The molecule has 6 nitrogen and oxygen atoms in total. The summed E-state index contributed by atoms with van der Waals surface area (Å²) in [6.45, 7) is 5.85. The summed E-state index contributed by atoms with van der Waals surface area (Å²) >= 11 is 3.20. The molecule has 122 valence electrons. The van der Waals surface area contributed by atoms with E-state index in [1.807, 2.05) is 6.07 Å². The minimum atomic E-state index is 0.0114. The monoisotopic (exact) mass is 350 g/mol. The largest absolute Gasteiger partial charge is 0.492 e. The van der Waals surface area contributed by atoms with Crippen molar-refractivity contribution in [2.75, 3.05) is 13.1 Å².